The van der Waals surface area contributed by atoms with Gasteiger partial charge in [-0.1, -0.05) is 0 Å². The van der Waals surface area contributed by atoms with E-state index in [0.717, 1.165) is 0 Å². The fourth-order valence-corrected chi connectivity index (χ4v) is 1.80. The molecule has 1 aromatic carbocycles. The van der Waals surface area contributed by atoms with E-state index in [2.05, 4.69) is 10.3 Å². The van der Waals surface area contributed by atoms with Crippen LogP contribution in [0.25, 0.3) is 11.1 Å². The van der Waals surface area contributed by atoms with Crippen LogP contribution in [0.4, 0.5) is 5.69 Å². The van der Waals surface area contributed by atoms with Gasteiger partial charge in [-0.2, -0.15) is 0 Å². The first-order valence-electron chi connectivity index (χ1n) is 5.31. The minimum atomic E-state index is -0.545. The third-order valence-electron chi connectivity index (χ3n) is 2.47. The minimum absolute atomic E-state index is 0.103. The average molecular weight is 279 g/mol. The second-order valence-electron chi connectivity index (χ2n) is 3.78. The second-order valence-corrected chi connectivity index (χ2v) is 4.16. The molecule has 0 bridgehead atoms. The molecule has 96 valence electrons. The molecule has 0 saturated carbocycles. The summed E-state index contributed by atoms with van der Waals surface area (Å²) in [6.07, 6.45) is 0. The van der Waals surface area contributed by atoms with Gasteiger partial charge >= 0.3 is 5.76 Å². The molecule has 0 aliphatic carbocycles. The Kier molecular flexibility index (Phi) is 2.64. The van der Waals surface area contributed by atoms with Crippen molar-refractivity contribution < 1.29 is 13.6 Å². The zero-order valence-corrected chi connectivity index (χ0v) is 10.2. The number of H-pyrrole nitrogens is 1. The maximum atomic E-state index is 11.8. The van der Waals surface area contributed by atoms with Crippen molar-refractivity contribution in [3.8, 4) is 0 Å². The van der Waals surface area contributed by atoms with Gasteiger partial charge in [0.05, 0.1) is 5.52 Å². The van der Waals surface area contributed by atoms with Gasteiger partial charge < -0.3 is 14.2 Å². The molecule has 0 aliphatic heterocycles. The molecule has 6 nitrogen and oxygen atoms in total. The zero-order chi connectivity index (χ0) is 13.4. The molecule has 0 radical (unpaired) electrons. The van der Waals surface area contributed by atoms with E-state index in [0.29, 0.717) is 16.8 Å². The summed E-state index contributed by atoms with van der Waals surface area (Å²) in [5.74, 6) is -0.876. The quantitative estimate of drug-likeness (QED) is 0.754. The molecule has 0 aliphatic rings. The fourth-order valence-electron chi connectivity index (χ4n) is 1.66. The van der Waals surface area contributed by atoms with Crippen molar-refractivity contribution in [2.45, 2.75) is 0 Å². The van der Waals surface area contributed by atoms with Gasteiger partial charge in [-0.25, -0.2) is 4.79 Å². The van der Waals surface area contributed by atoms with E-state index in [1.807, 2.05) is 0 Å². The molecule has 19 heavy (non-hydrogen) atoms. The van der Waals surface area contributed by atoms with E-state index >= 15 is 0 Å². The summed E-state index contributed by atoms with van der Waals surface area (Å²) in [6.45, 7) is 0. The number of aromatic amines is 1. The molecule has 3 aromatic rings. The number of halogens is 1. The molecule has 2 aromatic heterocycles. The average Bonchev–Trinajstić information content (AvgIpc) is 2.93. The fraction of sp³-hybridized carbons (Fsp3) is 0. The maximum Gasteiger partial charge on any atom is 0.417 e. The predicted molar refractivity (Wildman–Crippen MR) is 68.5 cm³/mol. The van der Waals surface area contributed by atoms with E-state index in [1.165, 1.54) is 12.1 Å². The van der Waals surface area contributed by atoms with Crippen molar-refractivity contribution in [1.29, 1.82) is 0 Å². The molecule has 3 rings (SSSR count). The zero-order valence-electron chi connectivity index (χ0n) is 9.40. The van der Waals surface area contributed by atoms with E-state index in [1.54, 1.807) is 18.2 Å². The Balaban J connectivity index is 1.88. The van der Waals surface area contributed by atoms with Gasteiger partial charge in [-0.3, -0.25) is 9.78 Å². The van der Waals surface area contributed by atoms with Crippen LogP contribution in [-0.2, 0) is 0 Å². The minimum Gasteiger partial charge on any atom is -0.440 e. The maximum absolute atomic E-state index is 11.8. The number of hydrogen-bond acceptors (Lipinski definition) is 4. The number of carbonyl (C=O) groups is 1. The summed E-state index contributed by atoms with van der Waals surface area (Å²) in [7, 11) is 0. The Hall–Kier alpha value is -2.47. The van der Waals surface area contributed by atoms with Crippen molar-refractivity contribution in [2.24, 2.45) is 0 Å². The van der Waals surface area contributed by atoms with Crippen molar-refractivity contribution in [1.82, 2.24) is 4.98 Å². The van der Waals surface area contributed by atoms with Crippen molar-refractivity contribution >= 4 is 34.3 Å². The number of fused-ring (bicyclic) bond motifs is 1. The highest BCUT2D eigenvalue weighted by Gasteiger charge is 2.11. The lowest BCUT2D eigenvalue weighted by Crippen LogP contribution is -2.10. The van der Waals surface area contributed by atoms with Gasteiger partial charge in [0.15, 0.2) is 16.6 Å². The first-order chi connectivity index (χ1) is 9.11. The van der Waals surface area contributed by atoms with Gasteiger partial charge in [-0.15, -0.1) is 0 Å². The molecule has 0 fully saturated rings. The summed E-state index contributed by atoms with van der Waals surface area (Å²) in [5, 5.41) is 2.76. The Labute approximate surface area is 111 Å². The first kappa shape index (κ1) is 11.6. The van der Waals surface area contributed by atoms with Crippen LogP contribution in [-0.4, -0.2) is 10.9 Å². The summed E-state index contributed by atoms with van der Waals surface area (Å²) in [4.78, 5) is 25.3. The number of furan rings is 1. The standard InChI is InChI=1S/C12H7ClN2O4/c13-10-4-3-9(18-10)11(16)14-6-1-2-8-7(5-6)15-12(17)19-8/h1-5H,(H,14,16)(H,15,17). The van der Waals surface area contributed by atoms with E-state index in [9.17, 15) is 9.59 Å². The third-order valence-corrected chi connectivity index (χ3v) is 2.68. The van der Waals surface area contributed by atoms with Crippen LogP contribution < -0.4 is 11.1 Å². The number of rotatable bonds is 2. The number of oxazole rings is 1. The summed E-state index contributed by atoms with van der Waals surface area (Å²) >= 11 is 5.59. The highest BCUT2D eigenvalue weighted by molar-refractivity contribution is 6.29. The summed E-state index contributed by atoms with van der Waals surface area (Å²) in [6, 6.07) is 7.73. The molecule has 2 N–H and O–H groups in total. The van der Waals surface area contributed by atoms with Gasteiger partial charge in [-0.05, 0) is 41.9 Å². The molecule has 7 heteroatoms. The number of anilines is 1. The molecular weight excluding hydrogens is 272 g/mol. The van der Waals surface area contributed by atoms with Crippen LogP contribution in [0.2, 0.25) is 5.22 Å². The highest BCUT2D eigenvalue weighted by Crippen LogP contribution is 2.18. The van der Waals surface area contributed by atoms with Crippen LogP contribution in [0.3, 0.4) is 0 Å². The van der Waals surface area contributed by atoms with E-state index < -0.39 is 11.7 Å². The Morgan fingerprint density at radius 3 is 2.79 bits per heavy atom. The largest absolute Gasteiger partial charge is 0.440 e. The second kappa shape index (κ2) is 4.33. The molecule has 0 unspecified atom stereocenters. The number of amides is 1. The smallest absolute Gasteiger partial charge is 0.417 e. The van der Waals surface area contributed by atoms with Crippen LogP contribution in [0.1, 0.15) is 10.6 Å². The van der Waals surface area contributed by atoms with E-state index in [4.69, 9.17) is 20.4 Å². The molecule has 0 saturated heterocycles. The van der Waals surface area contributed by atoms with Gasteiger partial charge in [0.2, 0.25) is 0 Å². The lowest BCUT2D eigenvalue weighted by Gasteiger charge is -2.02. The predicted octanol–water partition coefficient (Wildman–Crippen LogP) is 2.62. The van der Waals surface area contributed by atoms with E-state index in [-0.39, 0.29) is 11.0 Å². The number of nitrogens with one attached hydrogen (secondary N) is 2. The van der Waals surface area contributed by atoms with Crippen molar-refractivity contribution in [3.05, 3.63) is 51.9 Å². The van der Waals surface area contributed by atoms with Gasteiger partial charge in [0.25, 0.3) is 5.91 Å². The molecule has 0 atom stereocenters. The van der Waals surface area contributed by atoms with Crippen LogP contribution in [0.5, 0.6) is 0 Å². The molecule has 1 amide bonds. The molecule has 2 heterocycles. The monoisotopic (exact) mass is 278 g/mol. The number of benzene rings is 1. The SMILES string of the molecule is O=C(Nc1ccc2oc(=O)[nH]c2c1)c1ccc(Cl)o1. The first-order valence-corrected chi connectivity index (χ1v) is 5.69. The Morgan fingerprint density at radius 2 is 2.05 bits per heavy atom. The normalized spacial score (nSPS) is 10.8. The van der Waals surface area contributed by atoms with Crippen LogP contribution in [0, 0.1) is 0 Å². The summed E-state index contributed by atoms with van der Waals surface area (Å²) in [5.41, 5.74) is 1.42. The molecular formula is C12H7ClN2O4. The van der Waals surface area contributed by atoms with Gasteiger partial charge in [0.1, 0.15) is 0 Å². The number of hydrogen-bond donors (Lipinski definition) is 2. The van der Waals surface area contributed by atoms with Crippen molar-refractivity contribution in [3.63, 3.8) is 0 Å². The van der Waals surface area contributed by atoms with Crippen LogP contribution in [0.15, 0.2) is 44.0 Å². The molecule has 0 spiro atoms. The summed E-state index contributed by atoms with van der Waals surface area (Å²) < 4.78 is 9.84. The lowest BCUT2D eigenvalue weighted by molar-refractivity contribution is 0.0997. The van der Waals surface area contributed by atoms with Gasteiger partial charge in [0, 0.05) is 5.69 Å². The Morgan fingerprint density at radius 1 is 1.21 bits per heavy atom. The highest BCUT2D eigenvalue weighted by atomic mass is 35.5. The number of carbonyl (C=O) groups excluding carboxylic acids is 1. The Bertz CT molecular complexity index is 814. The van der Waals surface area contributed by atoms with Crippen LogP contribution >= 0.6 is 11.6 Å². The van der Waals surface area contributed by atoms with Crippen molar-refractivity contribution in [2.75, 3.05) is 5.32 Å². The number of aromatic nitrogens is 1. The lowest BCUT2D eigenvalue weighted by atomic mass is 10.3. The topological polar surface area (TPSA) is 88.2 Å². The third kappa shape index (κ3) is 2.25.